The molecule has 2 aliphatic carbocycles. The Bertz CT molecular complexity index is 655. The average Bonchev–Trinajstić information content (AvgIpc) is 3.39. The van der Waals surface area contributed by atoms with Crippen LogP contribution in [-0.4, -0.2) is 36.9 Å². The van der Waals surface area contributed by atoms with Crippen LogP contribution in [0.15, 0.2) is 23.2 Å². The lowest BCUT2D eigenvalue weighted by atomic mass is 10.1. The fourth-order valence-corrected chi connectivity index (χ4v) is 3.44. The highest BCUT2D eigenvalue weighted by Gasteiger charge is 2.25. The second kappa shape index (κ2) is 11.2. The molecule has 3 N–H and O–H groups in total. The number of hydrogen-bond donors (Lipinski definition) is 3. The normalized spacial score (nSPS) is 23.1. The van der Waals surface area contributed by atoms with E-state index in [2.05, 4.69) is 15.6 Å². The summed E-state index contributed by atoms with van der Waals surface area (Å²) in [5, 5.41) is 16.5. The van der Waals surface area contributed by atoms with Crippen LogP contribution in [0.1, 0.15) is 57.6 Å². The van der Waals surface area contributed by atoms with Gasteiger partial charge < -0.3 is 20.5 Å². The Balaban J connectivity index is 0.00000280. The Labute approximate surface area is 184 Å². The lowest BCUT2D eigenvalue weighted by Crippen LogP contribution is -2.39. The van der Waals surface area contributed by atoms with Crippen molar-refractivity contribution < 1.29 is 14.2 Å². The zero-order valence-electron chi connectivity index (χ0n) is 16.8. The van der Waals surface area contributed by atoms with Gasteiger partial charge in [-0.1, -0.05) is 12.5 Å². The van der Waals surface area contributed by atoms with E-state index < -0.39 is 0 Å². The van der Waals surface area contributed by atoms with Gasteiger partial charge in [-0.15, -0.1) is 24.0 Å². The van der Waals surface area contributed by atoms with Crippen molar-refractivity contribution in [2.24, 2.45) is 16.8 Å². The van der Waals surface area contributed by atoms with Gasteiger partial charge in [0.25, 0.3) is 0 Å². The molecule has 0 spiro atoms. The predicted octanol–water partition coefficient (Wildman–Crippen LogP) is 4.01. The van der Waals surface area contributed by atoms with Gasteiger partial charge in [-0.05, 0) is 63.1 Å². The minimum absolute atomic E-state index is 0. The number of halogens is 2. The number of hydrogen-bond acceptors (Lipinski definition) is 3. The predicted molar refractivity (Wildman–Crippen MR) is 121 cm³/mol. The van der Waals surface area contributed by atoms with E-state index in [-0.39, 0.29) is 47.9 Å². The monoisotopic (exact) mass is 505 g/mol. The van der Waals surface area contributed by atoms with Crippen LogP contribution in [0.25, 0.3) is 0 Å². The van der Waals surface area contributed by atoms with E-state index in [4.69, 9.17) is 4.74 Å². The first-order valence-electron chi connectivity index (χ1n) is 10.2. The Morgan fingerprint density at radius 2 is 2.11 bits per heavy atom. The maximum Gasteiger partial charge on any atom is 0.191 e. The number of benzene rings is 1. The Morgan fingerprint density at radius 3 is 2.71 bits per heavy atom. The molecule has 2 saturated carbocycles. The van der Waals surface area contributed by atoms with Crippen molar-refractivity contribution in [1.29, 1.82) is 0 Å². The van der Waals surface area contributed by atoms with E-state index in [0.717, 1.165) is 31.4 Å². The van der Waals surface area contributed by atoms with E-state index in [0.29, 0.717) is 30.8 Å². The highest BCUT2D eigenvalue weighted by Crippen LogP contribution is 2.30. The average molecular weight is 505 g/mol. The van der Waals surface area contributed by atoms with Crippen molar-refractivity contribution >= 4 is 29.9 Å². The van der Waals surface area contributed by atoms with Gasteiger partial charge in [0.05, 0.1) is 18.8 Å². The molecule has 0 amide bonds. The maximum absolute atomic E-state index is 14.3. The highest BCUT2D eigenvalue weighted by atomic mass is 127. The largest absolute Gasteiger partial charge is 0.490 e. The van der Waals surface area contributed by atoms with E-state index in [1.165, 1.54) is 18.9 Å². The van der Waals surface area contributed by atoms with Crippen LogP contribution < -0.4 is 15.4 Å². The molecule has 0 aromatic heterocycles. The SMILES string of the molecule is CCNC(=NCC1CCCC1O)NC(C)c1ccc(OCC2CC2)c(F)c1.I. The lowest BCUT2D eigenvalue weighted by molar-refractivity contribution is 0.136. The smallest absolute Gasteiger partial charge is 0.191 e. The lowest BCUT2D eigenvalue weighted by Gasteiger charge is -2.20. The van der Waals surface area contributed by atoms with Gasteiger partial charge in [0.15, 0.2) is 17.5 Å². The van der Waals surface area contributed by atoms with Crippen LogP contribution in [0.4, 0.5) is 4.39 Å². The molecule has 28 heavy (non-hydrogen) atoms. The zero-order chi connectivity index (χ0) is 19.2. The fourth-order valence-electron chi connectivity index (χ4n) is 3.44. The topological polar surface area (TPSA) is 65.9 Å². The molecule has 0 saturated heterocycles. The summed E-state index contributed by atoms with van der Waals surface area (Å²) in [5.74, 6) is 1.53. The molecule has 7 heteroatoms. The van der Waals surface area contributed by atoms with Crippen molar-refractivity contribution in [2.45, 2.75) is 58.1 Å². The summed E-state index contributed by atoms with van der Waals surface area (Å²) in [6, 6.07) is 5.05. The molecule has 5 nitrogen and oxygen atoms in total. The minimum Gasteiger partial charge on any atom is -0.490 e. The highest BCUT2D eigenvalue weighted by molar-refractivity contribution is 14.0. The molecular weight excluding hydrogens is 472 g/mol. The van der Waals surface area contributed by atoms with E-state index in [9.17, 15) is 9.50 Å². The third kappa shape index (κ3) is 6.76. The Kier molecular flexibility index (Phi) is 9.27. The number of ether oxygens (including phenoxy) is 1. The molecular formula is C21H33FIN3O2. The minimum atomic E-state index is -0.321. The molecule has 158 valence electrons. The van der Waals surface area contributed by atoms with Gasteiger partial charge in [0.2, 0.25) is 0 Å². The zero-order valence-corrected chi connectivity index (χ0v) is 19.1. The number of aliphatic hydroxyl groups is 1. The molecule has 1 aromatic rings. The summed E-state index contributed by atoms with van der Waals surface area (Å²) in [7, 11) is 0. The van der Waals surface area contributed by atoms with Crippen LogP contribution in [0.3, 0.4) is 0 Å². The number of aliphatic imine (C=N–C) groups is 1. The molecule has 3 rings (SSSR count). The second-order valence-electron chi connectivity index (χ2n) is 7.79. The summed E-state index contributed by atoms with van der Waals surface area (Å²) in [6.45, 7) is 5.95. The summed E-state index contributed by atoms with van der Waals surface area (Å²) >= 11 is 0. The number of guanidine groups is 1. The van der Waals surface area contributed by atoms with Crippen molar-refractivity contribution in [1.82, 2.24) is 10.6 Å². The molecule has 0 heterocycles. The summed E-state index contributed by atoms with van der Waals surface area (Å²) < 4.78 is 19.9. The fraction of sp³-hybridized carbons (Fsp3) is 0.667. The quantitative estimate of drug-likeness (QED) is 0.284. The van der Waals surface area contributed by atoms with Crippen molar-refractivity contribution in [2.75, 3.05) is 19.7 Å². The molecule has 0 aliphatic heterocycles. The van der Waals surface area contributed by atoms with Gasteiger partial charge >= 0.3 is 0 Å². The molecule has 2 aliphatic rings. The second-order valence-corrected chi connectivity index (χ2v) is 7.79. The first kappa shape index (κ1) is 23.2. The first-order chi connectivity index (χ1) is 13.1. The summed E-state index contributed by atoms with van der Waals surface area (Å²) in [4.78, 5) is 4.62. The van der Waals surface area contributed by atoms with Crippen molar-refractivity contribution in [3.05, 3.63) is 29.6 Å². The molecule has 3 atom stereocenters. The van der Waals surface area contributed by atoms with Crippen LogP contribution in [0, 0.1) is 17.7 Å². The molecule has 2 fully saturated rings. The van der Waals surface area contributed by atoms with E-state index in [1.54, 1.807) is 6.07 Å². The molecule has 1 aromatic carbocycles. The third-order valence-corrected chi connectivity index (χ3v) is 5.43. The Morgan fingerprint density at radius 1 is 1.32 bits per heavy atom. The maximum atomic E-state index is 14.3. The Hall–Kier alpha value is -1.09. The number of nitrogens with one attached hydrogen (secondary N) is 2. The van der Waals surface area contributed by atoms with E-state index >= 15 is 0 Å². The summed E-state index contributed by atoms with van der Waals surface area (Å²) in [5.41, 5.74) is 0.845. The van der Waals surface area contributed by atoms with Crippen LogP contribution in [0.2, 0.25) is 0 Å². The van der Waals surface area contributed by atoms with Gasteiger partial charge in [0, 0.05) is 19.0 Å². The molecule has 3 unspecified atom stereocenters. The van der Waals surface area contributed by atoms with Crippen LogP contribution in [0.5, 0.6) is 5.75 Å². The molecule has 0 bridgehead atoms. The molecule has 0 radical (unpaired) electrons. The number of rotatable bonds is 8. The number of aliphatic hydroxyl groups excluding tert-OH is 1. The third-order valence-electron chi connectivity index (χ3n) is 5.43. The van der Waals surface area contributed by atoms with Gasteiger partial charge in [0.1, 0.15) is 0 Å². The summed E-state index contributed by atoms with van der Waals surface area (Å²) in [6.07, 6.45) is 5.08. The van der Waals surface area contributed by atoms with Crippen molar-refractivity contribution in [3.63, 3.8) is 0 Å². The van der Waals surface area contributed by atoms with Gasteiger partial charge in [-0.2, -0.15) is 0 Å². The van der Waals surface area contributed by atoms with Crippen LogP contribution in [-0.2, 0) is 0 Å². The van der Waals surface area contributed by atoms with Gasteiger partial charge in [-0.25, -0.2) is 4.39 Å². The van der Waals surface area contributed by atoms with E-state index in [1.807, 2.05) is 19.9 Å². The first-order valence-corrected chi connectivity index (χ1v) is 10.2. The standard InChI is InChI=1S/C21H32FN3O2.HI/c1-3-23-21(24-12-17-5-4-6-19(17)26)25-14(2)16-9-10-20(18(22)11-16)27-13-15-7-8-15;/h9-11,14-15,17,19,26H,3-8,12-13H2,1-2H3,(H2,23,24,25);1H. The number of nitrogens with zero attached hydrogens (tertiary/aromatic N) is 1. The van der Waals surface area contributed by atoms with Gasteiger partial charge in [-0.3, -0.25) is 4.99 Å². The van der Waals surface area contributed by atoms with Crippen LogP contribution >= 0.6 is 24.0 Å². The van der Waals surface area contributed by atoms with Crippen molar-refractivity contribution in [3.8, 4) is 5.75 Å².